The van der Waals surface area contributed by atoms with Gasteiger partial charge in [-0.05, 0) is 37.1 Å². The number of hydrogen-bond acceptors (Lipinski definition) is 8. The van der Waals surface area contributed by atoms with Gasteiger partial charge in [-0.3, -0.25) is 9.59 Å². The highest BCUT2D eigenvalue weighted by Gasteiger charge is 2.23. The van der Waals surface area contributed by atoms with Gasteiger partial charge in [0.05, 0.1) is 34.4 Å². The summed E-state index contributed by atoms with van der Waals surface area (Å²) in [6.07, 6.45) is 2.00. The van der Waals surface area contributed by atoms with E-state index in [1.165, 1.54) is 23.6 Å². The third kappa shape index (κ3) is 5.61. The van der Waals surface area contributed by atoms with Crippen molar-refractivity contribution in [3.05, 3.63) is 42.8 Å². The number of carbonyl (C=O) groups is 2. The van der Waals surface area contributed by atoms with E-state index in [4.69, 9.17) is 9.47 Å². The van der Waals surface area contributed by atoms with Gasteiger partial charge in [0, 0.05) is 42.9 Å². The Morgan fingerprint density at radius 2 is 1.28 bits per heavy atom. The molecule has 0 N–H and O–H groups in total. The Balaban J connectivity index is 1.70. The van der Waals surface area contributed by atoms with Crippen LogP contribution in [0.4, 0.5) is 0 Å². The summed E-state index contributed by atoms with van der Waals surface area (Å²) in [5.74, 6) is -0.534. The van der Waals surface area contributed by atoms with Crippen molar-refractivity contribution in [2.45, 2.75) is 47.0 Å². The van der Waals surface area contributed by atoms with E-state index in [2.05, 4.69) is 36.2 Å². The predicted molar refractivity (Wildman–Crippen MR) is 116 cm³/mol. The van der Waals surface area contributed by atoms with Crippen LogP contribution in [0.15, 0.2) is 22.3 Å². The summed E-state index contributed by atoms with van der Waals surface area (Å²) in [5, 5.41) is 8.94. The van der Waals surface area contributed by atoms with Gasteiger partial charge >= 0.3 is 11.9 Å². The van der Waals surface area contributed by atoms with Gasteiger partial charge in [0.15, 0.2) is 0 Å². The SMILES string of the molecule is CC(=O)OCCc1cc(C)sc1C1=NN=C(c2sc(C)cc2CCOC(C)=O)C1. The maximum Gasteiger partial charge on any atom is 0.302 e. The second-order valence-corrected chi connectivity index (χ2v) is 9.39. The summed E-state index contributed by atoms with van der Waals surface area (Å²) in [6, 6.07) is 4.26. The zero-order valence-electron chi connectivity index (χ0n) is 17.0. The molecule has 6 nitrogen and oxygen atoms in total. The molecule has 2 aromatic rings. The Labute approximate surface area is 178 Å². The minimum atomic E-state index is -0.267. The lowest BCUT2D eigenvalue weighted by molar-refractivity contribution is -0.141. The van der Waals surface area contributed by atoms with Gasteiger partial charge in [0.25, 0.3) is 0 Å². The smallest absolute Gasteiger partial charge is 0.302 e. The number of hydrogen-bond donors (Lipinski definition) is 0. The van der Waals surface area contributed by atoms with Crippen LogP contribution >= 0.6 is 22.7 Å². The van der Waals surface area contributed by atoms with E-state index in [9.17, 15) is 9.59 Å². The topological polar surface area (TPSA) is 77.3 Å². The van der Waals surface area contributed by atoms with Crippen LogP contribution in [0.2, 0.25) is 0 Å². The van der Waals surface area contributed by atoms with Crippen LogP contribution in [0, 0.1) is 13.8 Å². The molecule has 0 aliphatic carbocycles. The van der Waals surface area contributed by atoms with Crippen LogP contribution in [0.25, 0.3) is 0 Å². The third-order valence-corrected chi connectivity index (χ3v) is 6.65. The Morgan fingerprint density at radius 3 is 1.66 bits per heavy atom. The van der Waals surface area contributed by atoms with Crippen molar-refractivity contribution in [2.75, 3.05) is 13.2 Å². The number of aryl methyl sites for hydroxylation is 2. The number of esters is 2. The second kappa shape index (κ2) is 9.45. The number of carbonyl (C=O) groups excluding carboxylic acids is 2. The summed E-state index contributed by atoms with van der Waals surface area (Å²) < 4.78 is 10.2. The molecular weight excluding hydrogens is 408 g/mol. The first-order chi connectivity index (χ1) is 13.8. The quantitative estimate of drug-likeness (QED) is 0.585. The van der Waals surface area contributed by atoms with Crippen LogP contribution < -0.4 is 0 Å². The van der Waals surface area contributed by atoms with E-state index < -0.39 is 0 Å². The highest BCUT2D eigenvalue weighted by molar-refractivity contribution is 7.15. The second-order valence-electron chi connectivity index (χ2n) is 6.87. The number of ether oxygens (including phenoxy) is 2. The molecule has 3 rings (SSSR count). The lowest BCUT2D eigenvalue weighted by atomic mass is 10.0. The molecule has 1 aliphatic rings. The van der Waals surface area contributed by atoms with Gasteiger partial charge in [0.2, 0.25) is 0 Å². The van der Waals surface area contributed by atoms with Crippen molar-refractivity contribution >= 4 is 46.0 Å². The van der Waals surface area contributed by atoms with Gasteiger partial charge < -0.3 is 9.47 Å². The average Bonchev–Trinajstić information content (AvgIpc) is 3.33. The molecule has 3 heterocycles. The first-order valence-corrected chi connectivity index (χ1v) is 11.1. The maximum atomic E-state index is 11.0. The molecule has 0 bridgehead atoms. The largest absolute Gasteiger partial charge is 0.466 e. The van der Waals surface area contributed by atoms with E-state index in [-0.39, 0.29) is 11.9 Å². The number of thiophene rings is 2. The number of rotatable bonds is 8. The van der Waals surface area contributed by atoms with Gasteiger partial charge in [0.1, 0.15) is 0 Å². The van der Waals surface area contributed by atoms with Crippen molar-refractivity contribution in [3.63, 3.8) is 0 Å². The van der Waals surface area contributed by atoms with Crippen LogP contribution in [0.5, 0.6) is 0 Å². The lowest BCUT2D eigenvalue weighted by Crippen LogP contribution is -2.09. The minimum Gasteiger partial charge on any atom is -0.466 e. The fourth-order valence-corrected chi connectivity index (χ4v) is 5.30. The summed E-state index contributed by atoms with van der Waals surface area (Å²) in [5.41, 5.74) is 4.18. The average molecular weight is 433 g/mol. The highest BCUT2D eigenvalue weighted by Crippen LogP contribution is 2.31. The van der Waals surface area contributed by atoms with E-state index >= 15 is 0 Å². The standard InChI is InChI=1S/C21H24N2O4S2/c1-12-9-16(5-7-26-14(3)24)20(28-12)18-11-19(23-22-18)21-17(10-13(2)29-21)6-8-27-15(4)25/h9-10H,5-8,11H2,1-4H3. The molecule has 0 radical (unpaired) electrons. The number of nitrogens with zero attached hydrogens (tertiary/aromatic N) is 2. The normalized spacial score (nSPS) is 13.2. The van der Waals surface area contributed by atoms with Crippen molar-refractivity contribution in [2.24, 2.45) is 10.2 Å². The molecular formula is C21H24N2O4S2. The summed E-state index contributed by atoms with van der Waals surface area (Å²) in [4.78, 5) is 26.7. The van der Waals surface area contributed by atoms with Crippen LogP contribution in [0.1, 0.15) is 50.9 Å². The van der Waals surface area contributed by atoms with Crippen molar-refractivity contribution in [1.82, 2.24) is 0 Å². The van der Waals surface area contributed by atoms with Gasteiger partial charge in [-0.15, -0.1) is 22.7 Å². The summed E-state index contributed by atoms with van der Waals surface area (Å²) >= 11 is 3.39. The predicted octanol–water partition coefficient (Wildman–Crippen LogP) is 4.23. The molecule has 2 aromatic heterocycles. The Kier molecular flexibility index (Phi) is 6.97. The van der Waals surface area contributed by atoms with Gasteiger partial charge in [-0.2, -0.15) is 10.2 Å². The summed E-state index contributed by atoms with van der Waals surface area (Å²) in [7, 11) is 0. The lowest BCUT2D eigenvalue weighted by Gasteiger charge is -2.06. The van der Waals surface area contributed by atoms with Crippen LogP contribution in [-0.2, 0) is 31.9 Å². The van der Waals surface area contributed by atoms with E-state index in [0.29, 0.717) is 32.5 Å². The maximum absolute atomic E-state index is 11.0. The first kappa shape index (κ1) is 21.4. The molecule has 8 heteroatoms. The monoisotopic (exact) mass is 432 g/mol. The molecule has 0 spiro atoms. The van der Waals surface area contributed by atoms with Gasteiger partial charge in [-0.1, -0.05) is 0 Å². The fraction of sp³-hybridized carbons (Fsp3) is 0.429. The Hall–Kier alpha value is -2.32. The molecule has 0 saturated heterocycles. The minimum absolute atomic E-state index is 0.267. The molecule has 0 aromatic carbocycles. The molecule has 0 unspecified atom stereocenters. The fourth-order valence-electron chi connectivity index (χ4n) is 3.20. The first-order valence-electron chi connectivity index (χ1n) is 9.43. The van der Waals surface area contributed by atoms with Crippen molar-refractivity contribution < 1.29 is 19.1 Å². The molecule has 0 fully saturated rings. The molecule has 0 atom stereocenters. The van der Waals surface area contributed by atoms with Crippen LogP contribution in [0.3, 0.4) is 0 Å². The van der Waals surface area contributed by atoms with E-state index in [0.717, 1.165) is 32.3 Å². The summed E-state index contributed by atoms with van der Waals surface area (Å²) in [6.45, 7) is 7.70. The van der Waals surface area contributed by atoms with E-state index in [1.54, 1.807) is 22.7 Å². The van der Waals surface area contributed by atoms with Gasteiger partial charge in [-0.25, -0.2) is 0 Å². The highest BCUT2D eigenvalue weighted by atomic mass is 32.1. The molecule has 29 heavy (non-hydrogen) atoms. The molecule has 1 aliphatic heterocycles. The van der Waals surface area contributed by atoms with Crippen LogP contribution in [-0.4, -0.2) is 36.6 Å². The molecule has 154 valence electrons. The zero-order chi connectivity index (χ0) is 21.0. The Bertz CT molecular complexity index is 907. The molecule has 0 amide bonds. The molecule has 0 saturated carbocycles. The Morgan fingerprint density at radius 1 is 0.862 bits per heavy atom. The van der Waals surface area contributed by atoms with Crippen molar-refractivity contribution in [3.8, 4) is 0 Å². The van der Waals surface area contributed by atoms with Crippen molar-refractivity contribution in [1.29, 1.82) is 0 Å². The zero-order valence-corrected chi connectivity index (χ0v) is 18.7. The van der Waals surface area contributed by atoms with E-state index in [1.807, 2.05) is 0 Å². The third-order valence-electron chi connectivity index (χ3n) is 4.37.